The lowest BCUT2D eigenvalue weighted by atomic mass is 10.1. The summed E-state index contributed by atoms with van der Waals surface area (Å²) in [5.41, 5.74) is 1.49. The molecule has 0 aliphatic carbocycles. The van der Waals surface area contributed by atoms with Crippen molar-refractivity contribution in [2.45, 2.75) is 31.2 Å². The lowest BCUT2D eigenvalue weighted by molar-refractivity contribution is -0.114. The van der Waals surface area contributed by atoms with Crippen LogP contribution in [0.5, 0.6) is 0 Å². The van der Waals surface area contributed by atoms with Crippen LogP contribution in [0.4, 0.5) is 5.69 Å². The standard InChI is InChI=1S/C17H20N2O3S/c1-3-17(14-7-5-4-6-8-14)19-23(21,22)16-11-9-15(10-12-16)18-13(2)20/h4-12,17,19H,3H2,1-2H3,(H,18,20)/t17-/m0/s1. The predicted octanol–water partition coefficient (Wildman–Crippen LogP) is 3.07. The Morgan fingerprint density at radius 3 is 2.17 bits per heavy atom. The number of carbonyl (C=O) groups excluding carboxylic acids is 1. The Bertz CT molecular complexity index is 756. The molecule has 122 valence electrons. The molecule has 0 radical (unpaired) electrons. The smallest absolute Gasteiger partial charge is 0.241 e. The molecule has 2 rings (SSSR count). The zero-order valence-corrected chi connectivity index (χ0v) is 13.9. The van der Waals surface area contributed by atoms with E-state index in [4.69, 9.17) is 0 Å². The molecule has 23 heavy (non-hydrogen) atoms. The summed E-state index contributed by atoms with van der Waals surface area (Å²) in [7, 11) is -3.63. The molecule has 0 saturated carbocycles. The first-order valence-corrected chi connectivity index (χ1v) is 8.85. The summed E-state index contributed by atoms with van der Waals surface area (Å²) in [6, 6.07) is 15.3. The van der Waals surface area contributed by atoms with E-state index in [1.807, 2.05) is 37.3 Å². The minimum atomic E-state index is -3.63. The number of anilines is 1. The van der Waals surface area contributed by atoms with Gasteiger partial charge in [0.1, 0.15) is 0 Å². The van der Waals surface area contributed by atoms with Crippen molar-refractivity contribution < 1.29 is 13.2 Å². The molecular weight excluding hydrogens is 312 g/mol. The second kappa shape index (κ2) is 7.39. The van der Waals surface area contributed by atoms with Crippen molar-refractivity contribution in [1.82, 2.24) is 4.72 Å². The van der Waals surface area contributed by atoms with Gasteiger partial charge in [-0.3, -0.25) is 4.79 Å². The quantitative estimate of drug-likeness (QED) is 0.853. The third-order valence-corrected chi connectivity index (χ3v) is 4.88. The first-order chi connectivity index (χ1) is 10.9. The number of nitrogens with one attached hydrogen (secondary N) is 2. The van der Waals surface area contributed by atoms with Gasteiger partial charge in [-0.15, -0.1) is 0 Å². The summed E-state index contributed by atoms with van der Waals surface area (Å²) in [4.78, 5) is 11.2. The molecule has 0 bridgehead atoms. The van der Waals surface area contributed by atoms with Crippen molar-refractivity contribution in [1.29, 1.82) is 0 Å². The van der Waals surface area contributed by atoms with E-state index >= 15 is 0 Å². The van der Waals surface area contributed by atoms with Gasteiger partial charge in [0.2, 0.25) is 15.9 Å². The van der Waals surface area contributed by atoms with Crippen LogP contribution in [0, 0.1) is 0 Å². The van der Waals surface area contributed by atoms with Gasteiger partial charge in [0.05, 0.1) is 4.90 Å². The molecule has 0 saturated heterocycles. The Morgan fingerprint density at radius 1 is 1.04 bits per heavy atom. The van der Waals surface area contributed by atoms with Crippen molar-refractivity contribution in [3.63, 3.8) is 0 Å². The SMILES string of the molecule is CC[C@H](NS(=O)(=O)c1ccc(NC(C)=O)cc1)c1ccccc1. The minimum Gasteiger partial charge on any atom is -0.326 e. The maximum Gasteiger partial charge on any atom is 0.241 e. The predicted molar refractivity (Wildman–Crippen MR) is 90.5 cm³/mol. The molecule has 0 heterocycles. The molecule has 0 aliphatic rings. The van der Waals surface area contributed by atoms with Gasteiger partial charge in [-0.2, -0.15) is 0 Å². The molecule has 1 amide bonds. The van der Waals surface area contributed by atoms with Crippen molar-refractivity contribution in [2.24, 2.45) is 0 Å². The van der Waals surface area contributed by atoms with Crippen LogP contribution < -0.4 is 10.0 Å². The summed E-state index contributed by atoms with van der Waals surface area (Å²) >= 11 is 0. The number of benzene rings is 2. The van der Waals surface area contributed by atoms with Crippen molar-refractivity contribution in [3.05, 3.63) is 60.2 Å². The topological polar surface area (TPSA) is 75.3 Å². The van der Waals surface area contributed by atoms with Crippen LogP contribution in [0.25, 0.3) is 0 Å². The van der Waals surface area contributed by atoms with Crippen molar-refractivity contribution in [2.75, 3.05) is 5.32 Å². The third kappa shape index (κ3) is 4.64. The molecule has 0 fully saturated rings. The normalized spacial score (nSPS) is 12.6. The highest BCUT2D eigenvalue weighted by molar-refractivity contribution is 7.89. The first-order valence-electron chi connectivity index (χ1n) is 7.37. The number of hydrogen-bond donors (Lipinski definition) is 2. The number of hydrogen-bond acceptors (Lipinski definition) is 3. The molecule has 2 N–H and O–H groups in total. The second-order valence-corrected chi connectivity index (χ2v) is 6.91. The largest absolute Gasteiger partial charge is 0.326 e. The number of rotatable bonds is 6. The summed E-state index contributed by atoms with van der Waals surface area (Å²) in [6.07, 6.45) is 0.646. The Labute approximate surface area is 136 Å². The molecule has 0 spiro atoms. The van der Waals surface area contributed by atoms with Crippen LogP contribution in [-0.2, 0) is 14.8 Å². The van der Waals surface area contributed by atoms with Crippen LogP contribution in [0.15, 0.2) is 59.5 Å². The van der Waals surface area contributed by atoms with E-state index < -0.39 is 10.0 Å². The third-order valence-electron chi connectivity index (χ3n) is 3.39. The molecule has 0 aromatic heterocycles. The fourth-order valence-corrected chi connectivity index (χ4v) is 3.56. The van der Waals surface area contributed by atoms with Crippen LogP contribution in [0.2, 0.25) is 0 Å². The van der Waals surface area contributed by atoms with Crippen LogP contribution in [0.3, 0.4) is 0 Å². The van der Waals surface area contributed by atoms with E-state index in [2.05, 4.69) is 10.0 Å². The Kier molecular flexibility index (Phi) is 5.52. The Balaban J connectivity index is 2.19. The van der Waals surface area contributed by atoms with Gasteiger partial charge in [0, 0.05) is 18.7 Å². The summed E-state index contributed by atoms with van der Waals surface area (Å²) in [5.74, 6) is -0.200. The Hall–Kier alpha value is -2.18. The van der Waals surface area contributed by atoms with E-state index in [0.29, 0.717) is 12.1 Å². The maximum absolute atomic E-state index is 12.5. The lowest BCUT2D eigenvalue weighted by Crippen LogP contribution is -2.28. The van der Waals surface area contributed by atoms with Gasteiger partial charge >= 0.3 is 0 Å². The summed E-state index contributed by atoms with van der Waals surface area (Å²) < 4.78 is 27.7. The average Bonchev–Trinajstić information content (AvgIpc) is 2.53. The zero-order chi connectivity index (χ0) is 16.9. The number of amides is 1. The van der Waals surface area contributed by atoms with E-state index in [1.165, 1.54) is 19.1 Å². The fraction of sp³-hybridized carbons (Fsp3) is 0.235. The molecule has 6 heteroatoms. The molecule has 0 unspecified atom stereocenters. The van der Waals surface area contributed by atoms with Crippen molar-refractivity contribution >= 4 is 21.6 Å². The van der Waals surface area contributed by atoms with Crippen LogP contribution in [-0.4, -0.2) is 14.3 Å². The summed E-state index contributed by atoms with van der Waals surface area (Å²) in [6.45, 7) is 3.33. The molecule has 1 atom stereocenters. The van der Waals surface area contributed by atoms with Crippen molar-refractivity contribution in [3.8, 4) is 0 Å². The van der Waals surface area contributed by atoms with Gasteiger partial charge in [-0.05, 0) is 36.2 Å². The highest BCUT2D eigenvalue weighted by atomic mass is 32.2. The molecule has 2 aromatic carbocycles. The molecule has 0 aliphatic heterocycles. The average molecular weight is 332 g/mol. The maximum atomic E-state index is 12.5. The fourth-order valence-electron chi connectivity index (χ4n) is 2.25. The zero-order valence-electron chi connectivity index (χ0n) is 13.1. The molecule has 5 nitrogen and oxygen atoms in total. The van der Waals surface area contributed by atoms with E-state index in [9.17, 15) is 13.2 Å². The number of sulfonamides is 1. The molecular formula is C17H20N2O3S. The highest BCUT2D eigenvalue weighted by Crippen LogP contribution is 2.21. The van der Waals surface area contributed by atoms with Crippen LogP contribution >= 0.6 is 0 Å². The lowest BCUT2D eigenvalue weighted by Gasteiger charge is -2.17. The Morgan fingerprint density at radius 2 is 1.65 bits per heavy atom. The minimum absolute atomic E-state index is 0.168. The van der Waals surface area contributed by atoms with Crippen LogP contribution in [0.1, 0.15) is 31.9 Å². The van der Waals surface area contributed by atoms with E-state index in [1.54, 1.807) is 12.1 Å². The van der Waals surface area contributed by atoms with E-state index in [0.717, 1.165) is 5.56 Å². The molecule has 2 aromatic rings. The number of carbonyl (C=O) groups is 1. The van der Waals surface area contributed by atoms with Gasteiger partial charge in [0.15, 0.2) is 0 Å². The van der Waals surface area contributed by atoms with E-state index in [-0.39, 0.29) is 16.8 Å². The second-order valence-electron chi connectivity index (χ2n) is 5.20. The highest BCUT2D eigenvalue weighted by Gasteiger charge is 2.20. The first kappa shape index (κ1) is 17.2. The summed E-state index contributed by atoms with van der Waals surface area (Å²) in [5, 5.41) is 2.61. The van der Waals surface area contributed by atoms with Gasteiger partial charge in [0.25, 0.3) is 0 Å². The van der Waals surface area contributed by atoms with Gasteiger partial charge in [-0.25, -0.2) is 13.1 Å². The van der Waals surface area contributed by atoms with Gasteiger partial charge in [-0.1, -0.05) is 37.3 Å². The monoisotopic (exact) mass is 332 g/mol. The van der Waals surface area contributed by atoms with Gasteiger partial charge < -0.3 is 5.32 Å².